The molecular formula is C19H28N4O6S2. The number of carbonyl (C=O) groups excluding carboxylic acids is 3. The van der Waals surface area contributed by atoms with Gasteiger partial charge in [0, 0.05) is 46.7 Å². The van der Waals surface area contributed by atoms with Crippen LogP contribution in [0.5, 0.6) is 0 Å². The number of nitrogens with zero attached hydrogens (tertiary/aromatic N) is 2. The number of carboxylic acid groups (broad SMARTS) is 1. The van der Waals surface area contributed by atoms with Crippen molar-refractivity contribution in [3.63, 3.8) is 0 Å². The second kappa shape index (κ2) is 10.9. The van der Waals surface area contributed by atoms with Crippen molar-refractivity contribution in [3.05, 3.63) is 11.3 Å². The fourth-order valence-electron chi connectivity index (χ4n) is 2.64. The fourth-order valence-corrected chi connectivity index (χ4v) is 4.65. The molecular weight excluding hydrogens is 444 g/mol. The second-order valence-electron chi connectivity index (χ2n) is 6.05. The number of fused-ring (bicyclic) bond motifs is 1. The topological polar surface area (TPSA) is 137 Å². The zero-order valence-corrected chi connectivity index (χ0v) is 17.6. The zero-order chi connectivity index (χ0) is 35.1. The first-order valence-electron chi connectivity index (χ1n) is 15.4. The molecule has 0 aromatic carbocycles. The summed E-state index contributed by atoms with van der Waals surface area (Å²) in [6, 6.07) is -8.61. The lowest BCUT2D eigenvalue weighted by molar-refractivity contribution is -0.150. The Hall–Kier alpha value is -2.21. The summed E-state index contributed by atoms with van der Waals surface area (Å²) in [6.45, 7) is -14.0. The lowest BCUT2D eigenvalue weighted by Crippen LogP contribution is -2.70. The average molecular weight is 487 g/mol. The maximum atomic E-state index is 12.8. The second-order valence-corrected chi connectivity index (χ2v) is 8.12. The predicted molar refractivity (Wildman–Crippen MR) is 120 cm³/mol. The first-order chi connectivity index (χ1) is 20.1. The molecule has 0 aromatic heterocycles. The Kier molecular flexibility index (Phi) is 4.07. The Balaban J connectivity index is 2.37. The molecule has 0 bridgehead atoms. The SMILES string of the molecule is [2H]C([2H])([2H])C([2H])(N=C(NC([2H])(C([2H])([2H])[2H])C([2H])([2H])[2H])SCC(=O)N[C@@H]1C(=O)N2C(C(=O)O)=C(COC(C)=O)CS[C@H]12)C([2H])([2H])[2H]. The minimum Gasteiger partial charge on any atom is -0.477 e. The Morgan fingerprint density at radius 2 is 2.16 bits per heavy atom. The molecule has 0 saturated carbocycles. The number of thioether (sulfide) groups is 2. The number of amides is 2. The van der Waals surface area contributed by atoms with Crippen LogP contribution in [-0.2, 0) is 23.9 Å². The Morgan fingerprint density at radius 3 is 2.77 bits per heavy atom. The van der Waals surface area contributed by atoms with Crippen molar-refractivity contribution in [2.24, 2.45) is 4.99 Å². The third-order valence-electron chi connectivity index (χ3n) is 3.80. The Morgan fingerprint density at radius 1 is 1.42 bits per heavy atom. The van der Waals surface area contributed by atoms with Crippen molar-refractivity contribution in [1.29, 1.82) is 0 Å². The number of carbonyl (C=O) groups is 4. The van der Waals surface area contributed by atoms with Gasteiger partial charge in [0.1, 0.15) is 23.7 Å². The molecule has 2 amide bonds. The molecule has 2 atom stereocenters. The first kappa shape index (κ1) is 11.6. The maximum Gasteiger partial charge on any atom is 0.352 e. The molecule has 1 fully saturated rings. The summed E-state index contributed by atoms with van der Waals surface area (Å²) < 4.78 is 112. The van der Waals surface area contributed by atoms with E-state index < -0.39 is 97.8 Å². The van der Waals surface area contributed by atoms with Crippen LogP contribution in [0.3, 0.4) is 0 Å². The zero-order valence-electron chi connectivity index (χ0n) is 30.0. The van der Waals surface area contributed by atoms with Crippen molar-refractivity contribution in [1.82, 2.24) is 15.5 Å². The molecule has 2 aliphatic heterocycles. The van der Waals surface area contributed by atoms with Gasteiger partial charge in [0.25, 0.3) is 5.91 Å². The summed E-state index contributed by atoms with van der Waals surface area (Å²) in [5.41, 5.74) is -0.310. The number of hydrogen-bond acceptors (Lipinski definition) is 8. The van der Waals surface area contributed by atoms with E-state index in [9.17, 15) is 24.3 Å². The summed E-state index contributed by atoms with van der Waals surface area (Å²) >= 11 is 1.11. The Bertz CT molecular complexity index is 1250. The van der Waals surface area contributed by atoms with Gasteiger partial charge < -0.3 is 20.5 Å². The minimum absolute atomic E-state index is 0.0108. The smallest absolute Gasteiger partial charge is 0.352 e. The van der Waals surface area contributed by atoms with Crippen LogP contribution < -0.4 is 10.6 Å². The normalized spacial score (nSPS) is 30.0. The average Bonchev–Trinajstić information content (AvgIpc) is 2.85. The first-order valence-corrected chi connectivity index (χ1v) is 10.5. The van der Waals surface area contributed by atoms with Crippen LogP contribution in [0.4, 0.5) is 0 Å². The van der Waals surface area contributed by atoms with E-state index in [0.29, 0.717) is 0 Å². The van der Waals surface area contributed by atoms with E-state index in [4.69, 9.17) is 23.9 Å². The standard InChI is InChI=1S/C19H28N4O6S2/c1-9(2)20-19(21-10(3)4)31-8-13(25)22-14-16(26)23-15(18(27)28)12(6-29-11(5)24)7-30-17(14)23/h9-10,14,17H,6-8H2,1-5H3,(H,20,21)(H,22,25)(H,27,28)/t14-,17-/m1/s1/i1D3,2D3,3D3,4D3,9D,10D. The lowest BCUT2D eigenvalue weighted by Gasteiger charge is -2.49. The molecule has 0 aliphatic carbocycles. The molecule has 12 heteroatoms. The molecule has 2 rings (SSSR count). The molecule has 0 aromatic rings. The van der Waals surface area contributed by atoms with Gasteiger partial charge in [0.15, 0.2) is 5.17 Å². The van der Waals surface area contributed by atoms with Gasteiger partial charge in [-0.3, -0.25) is 24.3 Å². The van der Waals surface area contributed by atoms with Gasteiger partial charge in [-0.05, 0) is 27.4 Å². The molecule has 2 aliphatic rings. The van der Waals surface area contributed by atoms with Crippen LogP contribution in [0, 0.1) is 0 Å². The van der Waals surface area contributed by atoms with Gasteiger partial charge in [0.05, 0.1) is 8.49 Å². The van der Waals surface area contributed by atoms with E-state index in [0.717, 1.165) is 23.6 Å². The van der Waals surface area contributed by atoms with Gasteiger partial charge >= 0.3 is 11.9 Å². The van der Waals surface area contributed by atoms with Crippen LogP contribution >= 0.6 is 23.5 Å². The Labute approximate surface area is 209 Å². The number of nitrogens with one attached hydrogen (secondary N) is 2. The third kappa shape index (κ3) is 6.63. The lowest BCUT2D eigenvalue weighted by atomic mass is 10.0. The van der Waals surface area contributed by atoms with Gasteiger partial charge in [-0.15, -0.1) is 11.8 Å². The number of esters is 1. The highest BCUT2D eigenvalue weighted by atomic mass is 32.2. The van der Waals surface area contributed by atoms with Crippen LogP contribution in [-0.4, -0.2) is 80.5 Å². The highest BCUT2D eigenvalue weighted by Crippen LogP contribution is 2.40. The van der Waals surface area contributed by atoms with Crippen molar-refractivity contribution in [2.75, 3.05) is 18.1 Å². The fraction of sp³-hybridized carbons (Fsp3) is 0.632. The number of amidine groups is 1. The van der Waals surface area contributed by atoms with E-state index >= 15 is 0 Å². The molecule has 172 valence electrons. The summed E-state index contributed by atoms with van der Waals surface area (Å²) in [6.07, 6.45) is 0. The van der Waals surface area contributed by atoms with Gasteiger partial charge in [-0.2, -0.15) is 0 Å². The number of carboxylic acids is 1. The number of rotatable bonds is 8. The van der Waals surface area contributed by atoms with E-state index in [1.807, 2.05) is 0 Å². The molecule has 31 heavy (non-hydrogen) atoms. The summed E-state index contributed by atoms with van der Waals surface area (Å²) in [5, 5.41) is 11.6. The largest absolute Gasteiger partial charge is 0.477 e. The predicted octanol–water partition coefficient (Wildman–Crippen LogP) is 0.784. The third-order valence-corrected chi connectivity index (χ3v) is 6.01. The van der Waals surface area contributed by atoms with Crippen LogP contribution in [0.25, 0.3) is 0 Å². The van der Waals surface area contributed by atoms with Crippen molar-refractivity contribution >= 4 is 52.4 Å². The van der Waals surface area contributed by atoms with Crippen LogP contribution in [0.1, 0.15) is 53.5 Å². The van der Waals surface area contributed by atoms with E-state index in [2.05, 4.69) is 10.3 Å². The number of aliphatic carboxylic acids is 1. The number of β-lactam (4-membered cyclic amide) rings is 1. The molecule has 0 unspecified atom stereocenters. The van der Waals surface area contributed by atoms with E-state index in [-0.39, 0.29) is 23.1 Å². The summed E-state index contributed by atoms with van der Waals surface area (Å²) in [5.74, 6) is -4.95. The van der Waals surface area contributed by atoms with E-state index in [1.165, 1.54) is 0 Å². The molecule has 3 N–H and O–H groups in total. The van der Waals surface area contributed by atoms with Crippen LogP contribution in [0.2, 0.25) is 0 Å². The molecule has 10 nitrogen and oxygen atoms in total. The van der Waals surface area contributed by atoms with Gasteiger partial charge in [0.2, 0.25) is 5.91 Å². The van der Waals surface area contributed by atoms with Crippen molar-refractivity contribution in [2.45, 2.75) is 57.8 Å². The van der Waals surface area contributed by atoms with Gasteiger partial charge in [-0.25, -0.2) is 4.79 Å². The quantitative estimate of drug-likeness (QED) is 0.197. The number of ether oxygens (including phenoxy) is 1. The maximum absolute atomic E-state index is 12.8. The highest BCUT2D eigenvalue weighted by Gasteiger charge is 2.54. The number of hydrogen-bond donors (Lipinski definition) is 3. The van der Waals surface area contributed by atoms with Crippen LogP contribution in [0.15, 0.2) is 16.3 Å². The van der Waals surface area contributed by atoms with Crippen molar-refractivity contribution < 1.29 is 48.2 Å². The molecule has 2 heterocycles. The van der Waals surface area contributed by atoms with Crippen molar-refractivity contribution in [3.8, 4) is 0 Å². The minimum atomic E-state index is -3.71. The monoisotopic (exact) mass is 486 g/mol. The highest BCUT2D eigenvalue weighted by molar-refractivity contribution is 8.14. The summed E-state index contributed by atoms with van der Waals surface area (Å²) in [4.78, 5) is 52.9. The van der Waals surface area contributed by atoms with Gasteiger partial charge in [-0.1, -0.05) is 11.8 Å². The van der Waals surface area contributed by atoms with E-state index in [1.54, 1.807) is 5.32 Å². The molecule has 0 radical (unpaired) electrons. The molecule has 0 spiro atoms. The summed E-state index contributed by atoms with van der Waals surface area (Å²) in [7, 11) is 0. The number of aliphatic imine (C=N–C) groups is 1. The molecule has 1 saturated heterocycles.